The third kappa shape index (κ3) is 4.58. The number of carbonyl (C=O) groups is 1. The number of rotatable bonds is 6. The number of amides is 1. The molecule has 2 fully saturated rings. The van der Waals surface area contributed by atoms with Crippen LogP contribution in [0.2, 0.25) is 0 Å². The van der Waals surface area contributed by atoms with Gasteiger partial charge in [-0.3, -0.25) is 0 Å². The Hall–Kier alpha value is -1.84. The van der Waals surface area contributed by atoms with Crippen LogP contribution in [0.1, 0.15) is 46.5 Å². The number of carbonyl (C=O) groups excluding carboxylic acids is 1. The van der Waals surface area contributed by atoms with Gasteiger partial charge >= 0.3 is 6.09 Å². The lowest BCUT2D eigenvalue weighted by Crippen LogP contribution is -2.56. The number of sulfonamides is 1. The molecule has 1 amide bonds. The van der Waals surface area contributed by atoms with E-state index < -0.39 is 21.3 Å². The van der Waals surface area contributed by atoms with Gasteiger partial charge in [-0.15, -0.1) is 0 Å². The maximum absolute atomic E-state index is 13.3. The maximum atomic E-state index is 13.3. The van der Waals surface area contributed by atoms with Crippen molar-refractivity contribution in [2.24, 2.45) is 0 Å². The number of likely N-dealkylation sites (tertiary alicyclic amines) is 1. The van der Waals surface area contributed by atoms with E-state index >= 15 is 0 Å². The number of hydrogen-bond donors (Lipinski definition) is 0. The lowest BCUT2D eigenvalue weighted by atomic mass is 10.0. The lowest BCUT2D eigenvalue weighted by molar-refractivity contribution is -0.0916. The number of nitrogens with zero attached hydrogens (tertiary/aromatic N) is 2. The van der Waals surface area contributed by atoms with Gasteiger partial charge in [-0.1, -0.05) is 13.3 Å². The fraction of sp³-hybridized carbons (Fsp3) is 0.667. The third-order valence-electron chi connectivity index (χ3n) is 5.79. The zero-order valence-electron chi connectivity index (χ0n) is 18.2. The zero-order chi connectivity index (χ0) is 22.0. The fourth-order valence-corrected chi connectivity index (χ4v) is 5.92. The predicted molar refractivity (Wildman–Crippen MR) is 112 cm³/mol. The molecule has 3 rings (SSSR count). The van der Waals surface area contributed by atoms with Gasteiger partial charge < -0.3 is 19.1 Å². The Morgan fingerprint density at radius 3 is 2.37 bits per heavy atom. The van der Waals surface area contributed by atoms with E-state index in [-0.39, 0.29) is 11.0 Å². The first-order valence-corrected chi connectivity index (χ1v) is 11.9. The Kier molecular flexibility index (Phi) is 6.64. The Labute approximate surface area is 179 Å². The molecule has 0 aliphatic carbocycles. The SMILES string of the molecule is CCCC(C)(C)OC(=O)N1CCC2(CC1)OCCN2S(=O)(=O)c1ccc(OC)cc1. The minimum atomic E-state index is -3.73. The molecule has 1 spiro atoms. The summed E-state index contributed by atoms with van der Waals surface area (Å²) >= 11 is 0. The van der Waals surface area contributed by atoms with Crippen molar-refractivity contribution in [1.29, 1.82) is 0 Å². The van der Waals surface area contributed by atoms with Crippen LogP contribution in [-0.2, 0) is 19.5 Å². The molecule has 2 saturated heterocycles. The van der Waals surface area contributed by atoms with Crippen LogP contribution in [-0.4, -0.2) is 68.4 Å². The lowest BCUT2D eigenvalue weighted by Gasteiger charge is -2.43. The van der Waals surface area contributed by atoms with E-state index in [4.69, 9.17) is 14.2 Å². The van der Waals surface area contributed by atoms with E-state index in [9.17, 15) is 13.2 Å². The molecule has 0 unspecified atom stereocenters. The summed E-state index contributed by atoms with van der Waals surface area (Å²) in [7, 11) is -2.19. The van der Waals surface area contributed by atoms with Crippen LogP contribution in [0.15, 0.2) is 29.2 Å². The average Bonchev–Trinajstić information content (AvgIpc) is 3.12. The molecule has 0 aromatic heterocycles. The molecule has 8 nitrogen and oxygen atoms in total. The molecule has 2 aliphatic rings. The summed E-state index contributed by atoms with van der Waals surface area (Å²) < 4.78 is 44.7. The molecule has 0 radical (unpaired) electrons. The first-order chi connectivity index (χ1) is 14.1. The standard InChI is InChI=1S/C21H32N2O6S/c1-5-10-20(2,3)29-19(24)22-13-11-21(12-14-22)23(15-16-28-21)30(25,26)18-8-6-17(27-4)7-9-18/h6-9H,5,10-16H2,1-4H3. The third-order valence-corrected chi connectivity index (χ3v) is 7.75. The molecule has 2 heterocycles. The molecule has 1 aromatic carbocycles. The van der Waals surface area contributed by atoms with Crippen molar-refractivity contribution in [2.75, 3.05) is 33.4 Å². The molecule has 2 aliphatic heterocycles. The number of hydrogen-bond acceptors (Lipinski definition) is 6. The first-order valence-electron chi connectivity index (χ1n) is 10.4. The van der Waals surface area contributed by atoms with Gasteiger partial charge in [0.1, 0.15) is 17.1 Å². The Bertz CT molecular complexity index is 845. The first kappa shape index (κ1) is 22.8. The highest BCUT2D eigenvalue weighted by atomic mass is 32.2. The van der Waals surface area contributed by atoms with Crippen LogP contribution in [0.4, 0.5) is 4.79 Å². The molecule has 1 aromatic rings. The predicted octanol–water partition coefficient (Wildman–Crippen LogP) is 3.22. The summed E-state index contributed by atoms with van der Waals surface area (Å²) in [5, 5.41) is 0. The largest absolute Gasteiger partial charge is 0.497 e. The number of benzene rings is 1. The Morgan fingerprint density at radius 2 is 1.80 bits per heavy atom. The summed E-state index contributed by atoms with van der Waals surface area (Å²) in [6.45, 7) is 7.26. The molecular weight excluding hydrogens is 408 g/mol. The van der Waals surface area contributed by atoms with Gasteiger partial charge in [-0.25, -0.2) is 13.2 Å². The zero-order valence-corrected chi connectivity index (χ0v) is 19.0. The monoisotopic (exact) mass is 440 g/mol. The molecule has 0 saturated carbocycles. The highest BCUT2D eigenvalue weighted by molar-refractivity contribution is 7.89. The van der Waals surface area contributed by atoms with Gasteiger partial charge in [-0.2, -0.15) is 4.31 Å². The van der Waals surface area contributed by atoms with Gasteiger partial charge in [0.05, 0.1) is 18.6 Å². The van der Waals surface area contributed by atoms with Crippen LogP contribution in [0.3, 0.4) is 0 Å². The topological polar surface area (TPSA) is 85.4 Å². The summed E-state index contributed by atoms with van der Waals surface area (Å²) in [6, 6.07) is 6.35. The van der Waals surface area contributed by atoms with Gasteiger partial charge in [0.2, 0.25) is 10.0 Å². The van der Waals surface area contributed by atoms with Crippen LogP contribution >= 0.6 is 0 Å². The maximum Gasteiger partial charge on any atom is 0.410 e. The Balaban J connectivity index is 1.70. The van der Waals surface area contributed by atoms with Crippen LogP contribution in [0.25, 0.3) is 0 Å². The minimum Gasteiger partial charge on any atom is -0.497 e. The molecular formula is C21H32N2O6S. The van der Waals surface area contributed by atoms with Crippen molar-refractivity contribution in [3.63, 3.8) is 0 Å². The van der Waals surface area contributed by atoms with Crippen molar-refractivity contribution in [3.05, 3.63) is 24.3 Å². The second-order valence-electron chi connectivity index (χ2n) is 8.41. The highest BCUT2D eigenvalue weighted by Gasteiger charge is 2.51. The highest BCUT2D eigenvalue weighted by Crippen LogP contribution is 2.38. The number of ether oxygens (including phenoxy) is 3. The van der Waals surface area contributed by atoms with E-state index in [0.29, 0.717) is 44.8 Å². The second kappa shape index (κ2) is 8.72. The quantitative estimate of drug-likeness (QED) is 0.675. The summed E-state index contributed by atoms with van der Waals surface area (Å²) in [5.74, 6) is 0.596. The van der Waals surface area contributed by atoms with Gasteiger partial charge in [-0.05, 0) is 44.5 Å². The van der Waals surface area contributed by atoms with Crippen molar-refractivity contribution < 1.29 is 27.4 Å². The van der Waals surface area contributed by atoms with Crippen LogP contribution in [0, 0.1) is 0 Å². The van der Waals surface area contributed by atoms with Gasteiger partial charge in [0.25, 0.3) is 0 Å². The van der Waals surface area contributed by atoms with Crippen molar-refractivity contribution in [1.82, 2.24) is 9.21 Å². The van der Waals surface area contributed by atoms with E-state index in [1.54, 1.807) is 29.2 Å². The van der Waals surface area contributed by atoms with Crippen molar-refractivity contribution >= 4 is 16.1 Å². The average molecular weight is 441 g/mol. The van der Waals surface area contributed by atoms with Gasteiger partial charge in [0.15, 0.2) is 0 Å². The second-order valence-corrected chi connectivity index (χ2v) is 10.3. The van der Waals surface area contributed by atoms with Crippen molar-refractivity contribution in [3.8, 4) is 5.75 Å². The molecule has 9 heteroatoms. The summed E-state index contributed by atoms with van der Waals surface area (Å²) in [5.41, 5.74) is -1.44. The molecule has 0 bridgehead atoms. The van der Waals surface area contributed by atoms with Crippen molar-refractivity contribution in [2.45, 2.75) is 62.7 Å². The summed E-state index contributed by atoms with van der Waals surface area (Å²) in [4.78, 5) is 14.4. The number of piperidine rings is 1. The molecule has 30 heavy (non-hydrogen) atoms. The number of methoxy groups -OCH3 is 1. The van der Waals surface area contributed by atoms with E-state index in [2.05, 4.69) is 6.92 Å². The molecule has 0 N–H and O–H groups in total. The van der Waals surface area contributed by atoms with Crippen LogP contribution in [0.5, 0.6) is 5.75 Å². The van der Waals surface area contributed by atoms with Gasteiger partial charge in [0, 0.05) is 32.5 Å². The fourth-order valence-electron chi connectivity index (χ4n) is 4.19. The smallest absolute Gasteiger partial charge is 0.410 e. The molecule has 0 atom stereocenters. The normalized spacial score (nSPS) is 19.8. The van der Waals surface area contributed by atoms with E-state index in [0.717, 1.165) is 12.8 Å². The van der Waals surface area contributed by atoms with Crippen LogP contribution < -0.4 is 4.74 Å². The summed E-state index contributed by atoms with van der Waals surface area (Å²) in [6.07, 6.45) is 2.17. The Morgan fingerprint density at radius 1 is 1.17 bits per heavy atom. The molecule has 168 valence electrons. The van der Waals surface area contributed by atoms with E-state index in [1.807, 2.05) is 13.8 Å². The minimum absolute atomic E-state index is 0.205. The van der Waals surface area contributed by atoms with E-state index in [1.165, 1.54) is 11.4 Å².